The van der Waals surface area contributed by atoms with Crippen LogP contribution in [0.15, 0.2) is 64.8 Å². The minimum atomic E-state index is 0.863. The SMILES string of the molecule is Cc1ccc(N=Nc2cc3sc(-c4ccc(N(C)C)cc4)nc3s2)cc1. The zero-order valence-electron chi connectivity index (χ0n) is 14.8. The molecule has 0 spiro atoms. The van der Waals surface area contributed by atoms with E-state index >= 15 is 0 Å². The van der Waals surface area contributed by atoms with Crippen molar-refractivity contribution < 1.29 is 0 Å². The zero-order chi connectivity index (χ0) is 18.1. The van der Waals surface area contributed by atoms with Crippen LogP contribution in [0.4, 0.5) is 16.4 Å². The molecule has 0 unspecified atom stereocenters. The average molecular weight is 379 g/mol. The lowest BCUT2D eigenvalue weighted by Gasteiger charge is -2.11. The topological polar surface area (TPSA) is 40.9 Å². The summed E-state index contributed by atoms with van der Waals surface area (Å²) in [6.45, 7) is 2.06. The molecule has 0 bridgehead atoms. The molecule has 2 heterocycles. The Morgan fingerprint density at radius 1 is 0.885 bits per heavy atom. The molecule has 0 amide bonds. The molecule has 0 aliphatic rings. The van der Waals surface area contributed by atoms with Gasteiger partial charge in [-0.05, 0) is 49.4 Å². The van der Waals surface area contributed by atoms with E-state index in [9.17, 15) is 0 Å². The Bertz CT molecular complexity index is 1030. The van der Waals surface area contributed by atoms with E-state index in [-0.39, 0.29) is 0 Å². The monoisotopic (exact) mass is 378 g/mol. The predicted octanol–water partition coefficient (Wildman–Crippen LogP) is 6.81. The second-order valence-electron chi connectivity index (χ2n) is 6.25. The van der Waals surface area contributed by atoms with E-state index in [4.69, 9.17) is 4.98 Å². The number of fused-ring (bicyclic) bond motifs is 1. The molecule has 0 aliphatic carbocycles. The van der Waals surface area contributed by atoms with E-state index in [1.807, 2.05) is 38.4 Å². The van der Waals surface area contributed by atoms with Crippen LogP contribution in [0.2, 0.25) is 0 Å². The van der Waals surface area contributed by atoms with Gasteiger partial charge < -0.3 is 4.90 Å². The van der Waals surface area contributed by atoms with Crippen LogP contribution < -0.4 is 4.90 Å². The van der Waals surface area contributed by atoms with E-state index in [0.717, 1.165) is 30.8 Å². The van der Waals surface area contributed by atoms with Crippen LogP contribution in [0.3, 0.4) is 0 Å². The van der Waals surface area contributed by atoms with Gasteiger partial charge in [-0.15, -0.1) is 21.6 Å². The van der Waals surface area contributed by atoms with Crippen LogP contribution in [0.5, 0.6) is 0 Å². The third kappa shape index (κ3) is 3.52. The van der Waals surface area contributed by atoms with E-state index in [1.54, 1.807) is 22.7 Å². The fourth-order valence-corrected chi connectivity index (χ4v) is 4.55. The van der Waals surface area contributed by atoms with Crippen molar-refractivity contribution in [2.75, 3.05) is 19.0 Å². The lowest BCUT2D eigenvalue weighted by molar-refractivity contribution is 1.13. The Balaban J connectivity index is 1.56. The molecule has 0 N–H and O–H groups in total. The number of hydrogen-bond donors (Lipinski definition) is 0. The lowest BCUT2D eigenvalue weighted by Crippen LogP contribution is -2.07. The van der Waals surface area contributed by atoms with Gasteiger partial charge in [0.1, 0.15) is 14.8 Å². The summed E-state index contributed by atoms with van der Waals surface area (Å²) >= 11 is 3.27. The number of nitrogens with zero attached hydrogens (tertiary/aromatic N) is 4. The van der Waals surface area contributed by atoms with E-state index < -0.39 is 0 Å². The minimum absolute atomic E-state index is 0.863. The molecule has 130 valence electrons. The van der Waals surface area contributed by atoms with Gasteiger partial charge in [0, 0.05) is 25.3 Å². The van der Waals surface area contributed by atoms with Gasteiger partial charge in [0.2, 0.25) is 0 Å². The first-order valence-corrected chi connectivity index (χ1v) is 9.88. The molecule has 0 aliphatic heterocycles. The number of aromatic nitrogens is 1. The van der Waals surface area contributed by atoms with Crippen molar-refractivity contribution in [1.29, 1.82) is 0 Å². The number of benzene rings is 2. The Kier molecular flexibility index (Phi) is 4.53. The van der Waals surface area contributed by atoms with Crippen LogP contribution in [0.1, 0.15) is 5.56 Å². The Morgan fingerprint density at radius 3 is 2.27 bits per heavy atom. The molecule has 0 radical (unpaired) electrons. The smallest absolute Gasteiger partial charge is 0.142 e. The van der Waals surface area contributed by atoms with Gasteiger partial charge in [-0.3, -0.25) is 0 Å². The van der Waals surface area contributed by atoms with Crippen molar-refractivity contribution >= 4 is 48.6 Å². The number of rotatable bonds is 4. The lowest BCUT2D eigenvalue weighted by atomic mass is 10.2. The summed E-state index contributed by atoms with van der Waals surface area (Å²) in [5.74, 6) is 0. The highest BCUT2D eigenvalue weighted by atomic mass is 32.1. The highest BCUT2D eigenvalue weighted by Gasteiger charge is 2.10. The molecule has 26 heavy (non-hydrogen) atoms. The molecule has 0 fully saturated rings. The summed E-state index contributed by atoms with van der Waals surface area (Å²) in [5.41, 5.74) is 4.41. The van der Waals surface area contributed by atoms with Crippen molar-refractivity contribution in [3.63, 3.8) is 0 Å². The summed E-state index contributed by atoms with van der Waals surface area (Å²) in [4.78, 5) is 7.87. The number of anilines is 1. The maximum absolute atomic E-state index is 4.77. The summed E-state index contributed by atoms with van der Waals surface area (Å²) < 4.78 is 1.15. The van der Waals surface area contributed by atoms with Crippen LogP contribution >= 0.6 is 22.7 Å². The zero-order valence-corrected chi connectivity index (χ0v) is 16.4. The highest BCUT2D eigenvalue weighted by molar-refractivity contribution is 7.30. The molecule has 2 aromatic heterocycles. The summed E-state index contributed by atoms with van der Waals surface area (Å²) in [6.07, 6.45) is 0. The standard InChI is InChI=1S/C20H18N4S2/c1-13-4-8-15(9-5-13)22-23-18-12-17-20(26-18)21-19(25-17)14-6-10-16(11-7-14)24(2)3/h4-12H,1-3H3. The number of thiophene rings is 1. The summed E-state index contributed by atoms with van der Waals surface area (Å²) in [5, 5.41) is 10.6. The highest BCUT2D eigenvalue weighted by Crippen LogP contribution is 2.39. The molecule has 6 heteroatoms. The van der Waals surface area contributed by atoms with Crippen molar-refractivity contribution in [1.82, 2.24) is 4.98 Å². The Morgan fingerprint density at radius 2 is 1.62 bits per heavy atom. The molecule has 2 aromatic carbocycles. The first-order chi connectivity index (χ1) is 12.6. The van der Waals surface area contributed by atoms with Crippen LogP contribution in [-0.2, 0) is 0 Å². The predicted molar refractivity (Wildman–Crippen MR) is 113 cm³/mol. The maximum atomic E-state index is 4.77. The van der Waals surface area contributed by atoms with Gasteiger partial charge in [-0.25, -0.2) is 4.98 Å². The third-order valence-electron chi connectivity index (χ3n) is 4.00. The molecule has 0 saturated heterocycles. The second kappa shape index (κ2) is 6.97. The maximum Gasteiger partial charge on any atom is 0.142 e. The summed E-state index contributed by atoms with van der Waals surface area (Å²) in [7, 11) is 4.09. The minimum Gasteiger partial charge on any atom is -0.378 e. The van der Waals surface area contributed by atoms with Gasteiger partial charge in [0.05, 0.1) is 10.4 Å². The van der Waals surface area contributed by atoms with Gasteiger partial charge in [0.15, 0.2) is 0 Å². The number of hydrogen-bond acceptors (Lipinski definition) is 6. The Hall–Kier alpha value is -2.57. The molecule has 4 aromatic rings. The van der Waals surface area contributed by atoms with Crippen LogP contribution in [0.25, 0.3) is 20.1 Å². The molecular formula is C20H18N4S2. The largest absolute Gasteiger partial charge is 0.378 e. The Labute approximate surface area is 160 Å². The molecule has 4 rings (SSSR count). The third-order valence-corrected chi connectivity index (χ3v) is 6.10. The number of azo groups is 1. The van der Waals surface area contributed by atoms with E-state index in [1.165, 1.54) is 11.3 Å². The van der Waals surface area contributed by atoms with Crippen molar-refractivity contribution in [2.45, 2.75) is 6.92 Å². The van der Waals surface area contributed by atoms with Crippen molar-refractivity contribution in [3.8, 4) is 10.6 Å². The van der Waals surface area contributed by atoms with E-state index in [2.05, 4.69) is 52.4 Å². The number of thiazole rings is 1. The first kappa shape index (κ1) is 16.9. The van der Waals surface area contributed by atoms with Gasteiger partial charge >= 0.3 is 0 Å². The van der Waals surface area contributed by atoms with Gasteiger partial charge in [-0.1, -0.05) is 29.0 Å². The van der Waals surface area contributed by atoms with Gasteiger partial charge in [0.25, 0.3) is 0 Å². The molecular weight excluding hydrogens is 360 g/mol. The van der Waals surface area contributed by atoms with Gasteiger partial charge in [-0.2, -0.15) is 0 Å². The average Bonchev–Trinajstić information content (AvgIpc) is 3.20. The normalized spacial score (nSPS) is 11.5. The molecule has 0 atom stereocenters. The van der Waals surface area contributed by atoms with Crippen molar-refractivity contribution in [3.05, 3.63) is 60.2 Å². The molecule has 0 saturated carbocycles. The van der Waals surface area contributed by atoms with Crippen LogP contribution in [-0.4, -0.2) is 19.1 Å². The quantitative estimate of drug-likeness (QED) is 0.366. The van der Waals surface area contributed by atoms with Crippen LogP contribution in [0, 0.1) is 6.92 Å². The summed E-state index contributed by atoms with van der Waals surface area (Å²) in [6, 6.07) is 18.6. The van der Waals surface area contributed by atoms with E-state index in [0.29, 0.717) is 0 Å². The first-order valence-electron chi connectivity index (χ1n) is 8.25. The second-order valence-corrected chi connectivity index (χ2v) is 8.29. The molecule has 4 nitrogen and oxygen atoms in total. The van der Waals surface area contributed by atoms with Crippen molar-refractivity contribution in [2.24, 2.45) is 10.2 Å². The fraction of sp³-hybridized carbons (Fsp3) is 0.150. The number of aryl methyl sites for hydroxylation is 1. The fourth-order valence-electron chi connectivity index (χ4n) is 2.52.